The molecule has 0 bridgehead atoms. The SMILES string of the molecule is CCCOCCC(N)c1ccccc1OCC. The van der Waals surface area contributed by atoms with Crippen molar-refractivity contribution < 1.29 is 9.47 Å². The van der Waals surface area contributed by atoms with Crippen molar-refractivity contribution >= 4 is 0 Å². The van der Waals surface area contributed by atoms with Crippen LogP contribution >= 0.6 is 0 Å². The standard InChI is InChI=1S/C14H23NO2/c1-3-10-16-11-9-13(15)12-7-5-6-8-14(12)17-4-2/h5-8,13H,3-4,9-11,15H2,1-2H3. The number of hydrogen-bond acceptors (Lipinski definition) is 3. The highest BCUT2D eigenvalue weighted by atomic mass is 16.5. The second-order valence-corrected chi connectivity index (χ2v) is 3.98. The Morgan fingerprint density at radius 3 is 2.65 bits per heavy atom. The molecule has 0 spiro atoms. The Morgan fingerprint density at radius 2 is 1.94 bits per heavy atom. The van der Waals surface area contributed by atoms with E-state index in [1.807, 2.05) is 31.2 Å². The lowest BCUT2D eigenvalue weighted by Gasteiger charge is -2.16. The molecule has 3 heteroatoms. The molecule has 0 aliphatic heterocycles. The second kappa shape index (κ2) is 8.09. The molecular weight excluding hydrogens is 214 g/mol. The Bertz CT molecular complexity index is 315. The summed E-state index contributed by atoms with van der Waals surface area (Å²) in [7, 11) is 0. The molecule has 0 heterocycles. The summed E-state index contributed by atoms with van der Waals surface area (Å²) in [5, 5.41) is 0. The molecule has 0 aromatic heterocycles. The maximum atomic E-state index is 6.15. The predicted octanol–water partition coefficient (Wildman–Crippen LogP) is 2.90. The van der Waals surface area contributed by atoms with Crippen LogP contribution in [0.4, 0.5) is 0 Å². The number of para-hydroxylation sites is 1. The van der Waals surface area contributed by atoms with E-state index in [0.717, 1.165) is 30.8 Å². The Hall–Kier alpha value is -1.06. The Morgan fingerprint density at radius 1 is 1.18 bits per heavy atom. The van der Waals surface area contributed by atoms with Gasteiger partial charge in [-0.3, -0.25) is 0 Å². The molecule has 3 nitrogen and oxygen atoms in total. The summed E-state index contributed by atoms with van der Waals surface area (Å²) in [6.07, 6.45) is 1.87. The molecule has 0 amide bonds. The molecule has 0 aliphatic carbocycles. The number of ether oxygens (including phenoxy) is 2. The molecule has 1 rings (SSSR count). The fraction of sp³-hybridized carbons (Fsp3) is 0.571. The summed E-state index contributed by atoms with van der Waals surface area (Å²) in [4.78, 5) is 0. The van der Waals surface area contributed by atoms with E-state index in [0.29, 0.717) is 13.2 Å². The van der Waals surface area contributed by atoms with E-state index in [-0.39, 0.29) is 6.04 Å². The van der Waals surface area contributed by atoms with Gasteiger partial charge in [0, 0.05) is 24.8 Å². The molecule has 96 valence electrons. The first-order chi connectivity index (χ1) is 8.29. The smallest absolute Gasteiger partial charge is 0.124 e. The number of nitrogens with two attached hydrogens (primary N) is 1. The van der Waals surface area contributed by atoms with Crippen LogP contribution in [0, 0.1) is 0 Å². The highest BCUT2D eigenvalue weighted by Crippen LogP contribution is 2.25. The minimum atomic E-state index is -0.0189. The van der Waals surface area contributed by atoms with Gasteiger partial charge in [0.05, 0.1) is 6.61 Å². The fourth-order valence-corrected chi connectivity index (χ4v) is 1.69. The summed E-state index contributed by atoms with van der Waals surface area (Å²) < 4.78 is 11.0. The molecule has 1 aromatic carbocycles. The Labute approximate surface area is 104 Å². The van der Waals surface area contributed by atoms with Gasteiger partial charge in [0.25, 0.3) is 0 Å². The molecular formula is C14H23NO2. The van der Waals surface area contributed by atoms with E-state index in [1.165, 1.54) is 0 Å². The van der Waals surface area contributed by atoms with Crippen molar-refractivity contribution in [1.82, 2.24) is 0 Å². The second-order valence-electron chi connectivity index (χ2n) is 3.98. The zero-order valence-corrected chi connectivity index (χ0v) is 10.8. The molecule has 1 atom stereocenters. The van der Waals surface area contributed by atoms with Crippen LogP contribution in [0.3, 0.4) is 0 Å². The van der Waals surface area contributed by atoms with Gasteiger partial charge in [-0.15, -0.1) is 0 Å². The largest absolute Gasteiger partial charge is 0.494 e. The third kappa shape index (κ3) is 4.75. The number of benzene rings is 1. The molecule has 2 N–H and O–H groups in total. The minimum Gasteiger partial charge on any atom is -0.494 e. The monoisotopic (exact) mass is 237 g/mol. The van der Waals surface area contributed by atoms with Crippen LogP contribution in [0.1, 0.15) is 38.3 Å². The minimum absolute atomic E-state index is 0.0189. The van der Waals surface area contributed by atoms with Crippen molar-refractivity contribution in [3.05, 3.63) is 29.8 Å². The fourth-order valence-electron chi connectivity index (χ4n) is 1.69. The van der Waals surface area contributed by atoms with Crippen LogP contribution in [0.5, 0.6) is 5.75 Å². The highest BCUT2D eigenvalue weighted by Gasteiger charge is 2.11. The van der Waals surface area contributed by atoms with Crippen LogP contribution in [0.25, 0.3) is 0 Å². The van der Waals surface area contributed by atoms with Crippen molar-refractivity contribution in [1.29, 1.82) is 0 Å². The zero-order chi connectivity index (χ0) is 12.5. The van der Waals surface area contributed by atoms with Crippen LogP contribution in [-0.2, 0) is 4.74 Å². The summed E-state index contributed by atoms with van der Waals surface area (Å²) in [5.74, 6) is 0.887. The van der Waals surface area contributed by atoms with Crippen LogP contribution in [0.2, 0.25) is 0 Å². The van der Waals surface area contributed by atoms with E-state index in [2.05, 4.69) is 6.92 Å². The van der Waals surface area contributed by atoms with E-state index in [1.54, 1.807) is 0 Å². The molecule has 0 aliphatic rings. The predicted molar refractivity (Wildman–Crippen MR) is 70.3 cm³/mol. The van der Waals surface area contributed by atoms with Crippen LogP contribution in [-0.4, -0.2) is 19.8 Å². The molecule has 1 aromatic rings. The van der Waals surface area contributed by atoms with Gasteiger partial charge in [-0.05, 0) is 25.8 Å². The summed E-state index contributed by atoms with van der Waals surface area (Å²) >= 11 is 0. The molecule has 0 fully saturated rings. The quantitative estimate of drug-likeness (QED) is 0.707. The molecule has 0 radical (unpaired) electrons. The van der Waals surface area contributed by atoms with E-state index < -0.39 is 0 Å². The lowest BCUT2D eigenvalue weighted by Crippen LogP contribution is -2.14. The van der Waals surface area contributed by atoms with Gasteiger partial charge in [0.1, 0.15) is 5.75 Å². The maximum absolute atomic E-state index is 6.15. The van der Waals surface area contributed by atoms with Crippen molar-refractivity contribution in [2.24, 2.45) is 5.73 Å². The summed E-state index contributed by atoms with van der Waals surface area (Å²) in [6, 6.07) is 7.93. The first kappa shape index (κ1) is 14.0. The molecule has 17 heavy (non-hydrogen) atoms. The first-order valence-corrected chi connectivity index (χ1v) is 6.34. The topological polar surface area (TPSA) is 44.5 Å². The number of hydrogen-bond donors (Lipinski definition) is 1. The first-order valence-electron chi connectivity index (χ1n) is 6.34. The van der Waals surface area contributed by atoms with Gasteiger partial charge in [-0.1, -0.05) is 25.1 Å². The summed E-state index contributed by atoms with van der Waals surface area (Å²) in [6.45, 7) is 6.25. The van der Waals surface area contributed by atoms with Crippen LogP contribution in [0.15, 0.2) is 24.3 Å². The molecule has 0 saturated carbocycles. The lowest BCUT2D eigenvalue weighted by atomic mass is 10.0. The van der Waals surface area contributed by atoms with E-state index >= 15 is 0 Å². The molecule has 0 saturated heterocycles. The third-order valence-corrected chi connectivity index (χ3v) is 2.54. The summed E-state index contributed by atoms with van der Waals surface area (Å²) in [5.41, 5.74) is 7.21. The maximum Gasteiger partial charge on any atom is 0.124 e. The third-order valence-electron chi connectivity index (χ3n) is 2.54. The van der Waals surface area contributed by atoms with Gasteiger partial charge >= 0.3 is 0 Å². The highest BCUT2D eigenvalue weighted by molar-refractivity contribution is 5.35. The average molecular weight is 237 g/mol. The zero-order valence-electron chi connectivity index (χ0n) is 10.8. The number of rotatable bonds is 8. The Kier molecular flexibility index (Phi) is 6.67. The van der Waals surface area contributed by atoms with Crippen molar-refractivity contribution in [3.8, 4) is 5.75 Å². The van der Waals surface area contributed by atoms with Gasteiger partial charge in [-0.2, -0.15) is 0 Å². The van der Waals surface area contributed by atoms with E-state index in [4.69, 9.17) is 15.2 Å². The van der Waals surface area contributed by atoms with Crippen molar-refractivity contribution in [2.45, 2.75) is 32.7 Å². The van der Waals surface area contributed by atoms with Gasteiger partial charge in [0.2, 0.25) is 0 Å². The van der Waals surface area contributed by atoms with Crippen molar-refractivity contribution in [2.75, 3.05) is 19.8 Å². The Balaban J connectivity index is 2.52. The normalized spacial score (nSPS) is 12.4. The van der Waals surface area contributed by atoms with Gasteiger partial charge < -0.3 is 15.2 Å². The van der Waals surface area contributed by atoms with Crippen molar-refractivity contribution in [3.63, 3.8) is 0 Å². The van der Waals surface area contributed by atoms with Crippen LogP contribution < -0.4 is 10.5 Å². The molecule has 1 unspecified atom stereocenters. The van der Waals surface area contributed by atoms with Gasteiger partial charge in [0.15, 0.2) is 0 Å². The van der Waals surface area contributed by atoms with E-state index in [9.17, 15) is 0 Å². The average Bonchev–Trinajstić information content (AvgIpc) is 2.35. The lowest BCUT2D eigenvalue weighted by molar-refractivity contribution is 0.127. The van der Waals surface area contributed by atoms with Gasteiger partial charge in [-0.25, -0.2) is 0 Å².